The molecule has 2 aromatic rings. The second-order valence-electron chi connectivity index (χ2n) is 3.95. The first kappa shape index (κ1) is 11.9. The first-order valence-electron chi connectivity index (χ1n) is 4.96. The predicted octanol–water partition coefficient (Wildman–Crippen LogP) is 0.505. The van der Waals surface area contributed by atoms with Gasteiger partial charge in [-0.3, -0.25) is 0 Å². The molecular formula is C10H14N4O2S. The summed E-state index contributed by atoms with van der Waals surface area (Å²) in [5.74, 6) is 0. The van der Waals surface area contributed by atoms with E-state index < -0.39 is 10.0 Å². The molecule has 0 aliphatic rings. The van der Waals surface area contributed by atoms with Crippen molar-refractivity contribution >= 4 is 26.6 Å². The van der Waals surface area contributed by atoms with E-state index in [1.165, 1.54) is 11.2 Å². The zero-order valence-electron chi connectivity index (χ0n) is 9.56. The van der Waals surface area contributed by atoms with Crippen molar-refractivity contribution in [2.75, 3.05) is 19.8 Å². The first-order chi connectivity index (χ1) is 7.90. The van der Waals surface area contributed by atoms with Crippen molar-refractivity contribution in [3.63, 3.8) is 0 Å². The summed E-state index contributed by atoms with van der Waals surface area (Å²) < 4.78 is 24.0. The molecule has 2 rings (SSSR count). The topological polar surface area (TPSA) is 91.2 Å². The molecule has 4 N–H and O–H groups in total. The molecule has 1 heterocycles. The Hall–Kier alpha value is -1.57. The third kappa shape index (κ3) is 2.26. The molecule has 0 unspecified atom stereocenters. The number of hydrogen-bond donors (Lipinski definition) is 3. The molecule has 0 atom stereocenters. The van der Waals surface area contributed by atoms with Crippen molar-refractivity contribution in [1.82, 2.24) is 14.8 Å². The third-order valence-electron chi connectivity index (χ3n) is 2.26. The standard InChI is InChI=1S/C10H14N4O2S/c1-14(2)13-17(15,16)10-6-12-9-5-7(11)3-4-8(9)10/h3-6,12-13H,11H2,1-2H3. The second-order valence-corrected chi connectivity index (χ2v) is 5.58. The van der Waals surface area contributed by atoms with Crippen LogP contribution in [-0.2, 0) is 10.0 Å². The number of sulfonamides is 1. The maximum absolute atomic E-state index is 12.0. The van der Waals surface area contributed by atoms with Crippen LogP contribution in [0.4, 0.5) is 5.69 Å². The van der Waals surface area contributed by atoms with E-state index in [0.29, 0.717) is 16.6 Å². The molecule has 7 heteroatoms. The van der Waals surface area contributed by atoms with Gasteiger partial charge in [0.25, 0.3) is 10.0 Å². The molecule has 0 fully saturated rings. The molecule has 6 nitrogen and oxygen atoms in total. The zero-order valence-corrected chi connectivity index (χ0v) is 10.4. The van der Waals surface area contributed by atoms with Crippen LogP contribution < -0.4 is 10.6 Å². The Kier molecular flexibility index (Phi) is 2.82. The lowest BCUT2D eigenvalue weighted by Crippen LogP contribution is -2.35. The Bertz CT molecular complexity index is 645. The van der Waals surface area contributed by atoms with Crippen molar-refractivity contribution in [2.24, 2.45) is 0 Å². The van der Waals surface area contributed by atoms with Gasteiger partial charge in [-0.1, -0.05) is 0 Å². The van der Waals surface area contributed by atoms with Gasteiger partial charge in [0.15, 0.2) is 0 Å². The number of anilines is 1. The number of aromatic nitrogens is 1. The fraction of sp³-hybridized carbons (Fsp3) is 0.200. The second kappa shape index (κ2) is 4.02. The van der Waals surface area contributed by atoms with Gasteiger partial charge in [-0.25, -0.2) is 13.4 Å². The number of nitrogen functional groups attached to an aromatic ring is 1. The van der Waals surface area contributed by atoms with E-state index in [2.05, 4.69) is 9.82 Å². The van der Waals surface area contributed by atoms with E-state index in [4.69, 9.17) is 5.73 Å². The zero-order chi connectivity index (χ0) is 12.6. The van der Waals surface area contributed by atoms with Gasteiger partial charge in [0, 0.05) is 36.9 Å². The van der Waals surface area contributed by atoms with E-state index in [9.17, 15) is 8.42 Å². The quantitative estimate of drug-likeness (QED) is 0.549. The summed E-state index contributed by atoms with van der Waals surface area (Å²) in [4.78, 5) is 5.48. The maximum atomic E-state index is 12.0. The molecule has 0 saturated heterocycles. The van der Waals surface area contributed by atoms with Crippen LogP contribution >= 0.6 is 0 Å². The summed E-state index contributed by atoms with van der Waals surface area (Å²) in [5.41, 5.74) is 6.91. The summed E-state index contributed by atoms with van der Waals surface area (Å²) >= 11 is 0. The van der Waals surface area contributed by atoms with Gasteiger partial charge < -0.3 is 10.7 Å². The minimum absolute atomic E-state index is 0.209. The number of rotatable bonds is 3. The number of nitrogens with two attached hydrogens (primary N) is 1. The summed E-state index contributed by atoms with van der Waals surface area (Å²) in [7, 11) is -0.321. The molecule has 0 amide bonds. The number of H-pyrrole nitrogens is 1. The SMILES string of the molecule is CN(C)NS(=O)(=O)c1c[nH]c2cc(N)ccc12. The minimum atomic E-state index is -3.55. The Morgan fingerprint density at radius 2 is 2.06 bits per heavy atom. The van der Waals surface area contributed by atoms with E-state index >= 15 is 0 Å². The third-order valence-corrected chi connectivity index (χ3v) is 3.78. The van der Waals surface area contributed by atoms with Crippen LogP contribution in [0.2, 0.25) is 0 Å². The molecule has 0 bridgehead atoms. The monoisotopic (exact) mass is 254 g/mol. The summed E-state index contributed by atoms with van der Waals surface area (Å²) in [6, 6.07) is 5.06. The molecule has 1 aromatic heterocycles. The molecule has 0 aliphatic heterocycles. The summed E-state index contributed by atoms with van der Waals surface area (Å²) in [5, 5.41) is 2.00. The fourth-order valence-corrected chi connectivity index (χ4v) is 2.89. The molecule has 0 spiro atoms. The molecule has 0 saturated carbocycles. The number of hydrogen-bond acceptors (Lipinski definition) is 4. The number of benzene rings is 1. The van der Waals surface area contributed by atoms with Gasteiger partial charge >= 0.3 is 0 Å². The van der Waals surface area contributed by atoms with E-state index in [0.717, 1.165) is 0 Å². The Morgan fingerprint density at radius 3 is 2.71 bits per heavy atom. The maximum Gasteiger partial charge on any atom is 0.255 e. The van der Waals surface area contributed by atoms with Crippen LogP contribution in [0, 0.1) is 0 Å². The normalized spacial score (nSPS) is 12.4. The lowest BCUT2D eigenvalue weighted by atomic mass is 10.2. The predicted molar refractivity (Wildman–Crippen MR) is 66.7 cm³/mol. The van der Waals surface area contributed by atoms with Gasteiger partial charge in [0.05, 0.1) is 0 Å². The minimum Gasteiger partial charge on any atom is -0.399 e. The average Bonchev–Trinajstić information content (AvgIpc) is 2.58. The van der Waals surface area contributed by atoms with E-state index in [-0.39, 0.29) is 4.90 Å². The highest BCUT2D eigenvalue weighted by molar-refractivity contribution is 7.89. The highest BCUT2D eigenvalue weighted by Crippen LogP contribution is 2.24. The summed E-state index contributed by atoms with van der Waals surface area (Å²) in [6.07, 6.45) is 1.45. The van der Waals surface area contributed by atoms with Crippen molar-refractivity contribution in [3.05, 3.63) is 24.4 Å². The summed E-state index contributed by atoms with van der Waals surface area (Å²) in [6.45, 7) is 0. The lowest BCUT2D eigenvalue weighted by Gasteiger charge is -2.11. The molecule has 92 valence electrons. The fourth-order valence-electron chi connectivity index (χ4n) is 1.63. The molecule has 17 heavy (non-hydrogen) atoms. The van der Waals surface area contributed by atoms with Crippen molar-refractivity contribution in [2.45, 2.75) is 4.90 Å². The molecule has 0 aliphatic carbocycles. The van der Waals surface area contributed by atoms with Crippen LogP contribution in [-0.4, -0.2) is 32.5 Å². The van der Waals surface area contributed by atoms with Gasteiger partial charge in [-0.05, 0) is 18.2 Å². The molecular weight excluding hydrogens is 240 g/mol. The number of nitrogens with zero attached hydrogens (tertiary/aromatic N) is 1. The van der Waals surface area contributed by atoms with Gasteiger partial charge in [-0.15, -0.1) is 4.83 Å². The van der Waals surface area contributed by atoms with Crippen LogP contribution in [0.3, 0.4) is 0 Å². The lowest BCUT2D eigenvalue weighted by molar-refractivity contribution is 0.364. The van der Waals surface area contributed by atoms with Gasteiger partial charge in [0.1, 0.15) is 4.90 Å². The largest absolute Gasteiger partial charge is 0.399 e. The Balaban J connectivity index is 2.57. The molecule has 0 radical (unpaired) electrons. The number of aromatic amines is 1. The van der Waals surface area contributed by atoms with Crippen LogP contribution in [0.1, 0.15) is 0 Å². The van der Waals surface area contributed by atoms with Crippen molar-refractivity contribution < 1.29 is 8.42 Å². The average molecular weight is 254 g/mol. The smallest absolute Gasteiger partial charge is 0.255 e. The number of nitrogens with one attached hydrogen (secondary N) is 2. The Morgan fingerprint density at radius 1 is 1.35 bits per heavy atom. The molecule has 1 aromatic carbocycles. The van der Waals surface area contributed by atoms with Crippen molar-refractivity contribution in [3.8, 4) is 0 Å². The van der Waals surface area contributed by atoms with E-state index in [1.54, 1.807) is 32.3 Å². The van der Waals surface area contributed by atoms with Gasteiger partial charge in [0.2, 0.25) is 0 Å². The number of hydrazine groups is 1. The first-order valence-corrected chi connectivity index (χ1v) is 6.45. The van der Waals surface area contributed by atoms with Crippen molar-refractivity contribution in [1.29, 1.82) is 0 Å². The van der Waals surface area contributed by atoms with E-state index in [1.807, 2.05) is 0 Å². The van der Waals surface area contributed by atoms with Crippen LogP contribution in [0.5, 0.6) is 0 Å². The van der Waals surface area contributed by atoms with Crippen LogP contribution in [0.25, 0.3) is 10.9 Å². The number of fused-ring (bicyclic) bond motifs is 1. The highest BCUT2D eigenvalue weighted by Gasteiger charge is 2.19. The van der Waals surface area contributed by atoms with Gasteiger partial charge in [-0.2, -0.15) is 0 Å². The highest BCUT2D eigenvalue weighted by atomic mass is 32.2. The van der Waals surface area contributed by atoms with Crippen LogP contribution in [0.15, 0.2) is 29.3 Å². The Labute approximate surface area is 99.4 Å².